The van der Waals surface area contributed by atoms with Crippen molar-refractivity contribution in [3.8, 4) is 6.07 Å². The van der Waals surface area contributed by atoms with Gasteiger partial charge in [0, 0.05) is 6.54 Å². The number of hydrogen-bond acceptors (Lipinski definition) is 3. The van der Waals surface area contributed by atoms with E-state index in [4.69, 9.17) is 11.0 Å². The van der Waals surface area contributed by atoms with Crippen LogP contribution < -0.4 is 5.73 Å². The van der Waals surface area contributed by atoms with Gasteiger partial charge in [-0.2, -0.15) is 5.26 Å². The number of nitrogen functional groups attached to an aromatic ring is 1. The highest BCUT2D eigenvalue weighted by atomic mass is 15.2. The van der Waals surface area contributed by atoms with E-state index in [1.54, 1.807) is 6.07 Å². The molecule has 0 radical (unpaired) electrons. The van der Waals surface area contributed by atoms with Crippen LogP contribution in [0.4, 0.5) is 5.95 Å². The molecule has 1 aromatic heterocycles. The lowest BCUT2D eigenvalue weighted by molar-refractivity contribution is 0.418. The van der Waals surface area contributed by atoms with E-state index >= 15 is 0 Å². The van der Waals surface area contributed by atoms with Crippen molar-refractivity contribution in [3.05, 3.63) is 23.8 Å². The van der Waals surface area contributed by atoms with Gasteiger partial charge in [-0.3, -0.25) is 0 Å². The lowest BCUT2D eigenvalue weighted by Crippen LogP contribution is -2.12. The highest BCUT2D eigenvalue weighted by molar-refractivity contribution is 5.84. The Morgan fingerprint density at radius 2 is 2.28 bits per heavy atom. The fraction of sp³-hybridized carbons (Fsp3) is 0.429. The first-order valence-electron chi connectivity index (χ1n) is 6.34. The highest BCUT2D eigenvalue weighted by Gasteiger charge is 2.41. The summed E-state index contributed by atoms with van der Waals surface area (Å²) in [6, 6.07) is 7.84. The Morgan fingerprint density at radius 1 is 1.50 bits per heavy atom. The number of nitrogens with two attached hydrogens (primary N) is 1. The van der Waals surface area contributed by atoms with Crippen molar-refractivity contribution in [2.24, 2.45) is 5.41 Å². The number of rotatable bonds is 3. The third-order valence-electron chi connectivity index (χ3n) is 4.13. The maximum atomic E-state index is 9.09. The SMILES string of the molecule is CCC1(Cn2c(N)nc3c(C#N)cccc32)CC1. The molecule has 0 unspecified atom stereocenters. The molecule has 0 amide bonds. The van der Waals surface area contributed by atoms with Gasteiger partial charge in [-0.25, -0.2) is 4.98 Å². The van der Waals surface area contributed by atoms with Crippen LogP contribution in [-0.4, -0.2) is 9.55 Å². The van der Waals surface area contributed by atoms with Gasteiger partial charge in [0.05, 0.1) is 11.1 Å². The summed E-state index contributed by atoms with van der Waals surface area (Å²) < 4.78 is 2.06. The van der Waals surface area contributed by atoms with Crippen LogP contribution in [0.2, 0.25) is 0 Å². The summed E-state index contributed by atoms with van der Waals surface area (Å²) in [5.41, 5.74) is 8.72. The second-order valence-corrected chi connectivity index (χ2v) is 5.19. The quantitative estimate of drug-likeness (QED) is 0.896. The van der Waals surface area contributed by atoms with E-state index in [2.05, 4.69) is 22.5 Å². The molecule has 1 aliphatic rings. The number of imidazole rings is 1. The maximum absolute atomic E-state index is 9.09. The van der Waals surface area contributed by atoms with Gasteiger partial charge in [0.25, 0.3) is 0 Å². The monoisotopic (exact) mass is 240 g/mol. The molecule has 1 aromatic carbocycles. The number of para-hydroxylation sites is 1. The molecule has 0 saturated heterocycles. The van der Waals surface area contributed by atoms with Gasteiger partial charge in [-0.1, -0.05) is 13.0 Å². The van der Waals surface area contributed by atoms with Gasteiger partial charge < -0.3 is 10.3 Å². The van der Waals surface area contributed by atoms with Crippen molar-refractivity contribution in [1.29, 1.82) is 5.26 Å². The predicted octanol–water partition coefficient (Wildman–Crippen LogP) is 2.68. The molecule has 2 N–H and O–H groups in total. The second kappa shape index (κ2) is 3.74. The van der Waals surface area contributed by atoms with Crippen molar-refractivity contribution in [1.82, 2.24) is 9.55 Å². The van der Waals surface area contributed by atoms with Crippen LogP contribution in [-0.2, 0) is 6.54 Å². The summed E-state index contributed by atoms with van der Waals surface area (Å²) in [6.07, 6.45) is 3.70. The van der Waals surface area contributed by atoms with Crippen molar-refractivity contribution in [2.45, 2.75) is 32.7 Å². The Bertz CT molecular complexity index is 644. The molecule has 0 aliphatic heterocycles. The van der Waals surface area contributed by atoms with Crippen molar-refractivity contribution >= 4 is 17.0 Å². The molecule has 4 nitrogen and oxygen atoms in total. The molecule has 0 spiro atoms. The average Bonchev–Trinajstić information content (AvgIpc) is 3.10. The Morgan fingerprint density at radius 3 is 2.89 bits per heavy atom. The maximum Gasteiger partial charge on any atom is 0.201 e. The fourth-order valence-electron chi connectivity index (χ4n) is 2.56. The lowest BCUT2D eigenvalue weighted by atomic mass is 10.0. The topological polar surface area (TPSA) is 67.6 Å². The van der Waals surface area contributed by atoms with E-state index in [9.17, 15) is 0 Å². The van der Waals surface area contributed by atoms with Crippen LogP contribution in [0.1, 0.15) is 31.7 Å². The van der Waals surface area contributed by atoms with Gasteiger partial charge in [0.1, 0.15) is 11.6 Å². The van der Waals surface area contributed by atoms with Gasteiger partial charge in [-0.15, -0.1) is 0 Å². The molecule has 92 valence electrons. The molecule has 2 aromatic rings. The van der Waals surface area contributed by atoms with Crippen molar-refractivity contribution in [2.75, 3.05) is 5.73 Å². The summed E-state index contributed by atoms with van der Waals surface area (Å²) in [5, 5.41) is 9.09. The van der Waals surface area contributed by atoms with E-state index in [1.807, 2.05) is 12.1 Å². The molecule has 1 fully saturated rings. The number of nitriles is 1. The normalized spacial score (nSPS) is 16.7. The zero-order chi connectivity index (χ0) is 12.8. The smallest absolute Gasteiger partial charge is 0.201 e. The molecule has 1 heterocycles. The molecule has 4 heteroatoms. The average molecular weight is 240 g/mol. The number of nitrogens with zero attached hydrogens (tertiary/aromatic N) is 3. The molecule has 18 heavy (non-hydrogen) atoms. The number of aromatic nitrogens is 2. The van der Waals surface area contributed by atoms with Gasteiger partial charge >= 0.3 is 0 Å². The van der Waals surface area contributed by atoms with Gasteiger partial charge in [0.15, 0.2) is 0 Å². The highest BCUT2D eigenvalue weighted by Crippen LogP contribution is 2.50. The number of hydrogen-bond donors (Lipinski definition) is 1. The van der Waals surface area contributed by atoms with Crippen LogP contribution in [0, 0.1) is 16.7 Å². The van der Waals surface area contributed by atoms with Crippen LogP contribution in [0.25, 0.3) is 11.0 Å². The number of benzene rings is 1. The van der Waals surface area contributed by atoms with Gasteiger partial charge in [0.2, 0.25) is 5.95 Å². The predicted molar refractivity (Wildman–Crippen MR) is 70.8 cm³/mol. The Labute approximate surface area is 106 Å². The molecule has 0 bridgehead atoms. The fourth-order valence-corrected chi connectivity index (χ4v) is 2.56. The van der Waals surface area contributed by atoms with Crippen molar-refractivity contribution < 1.29 is 0 Å². The minimum atomic E-state index is 0.407. The van der Waals surface area contributed by atoms with E-state index in [0.717, 1.165) is 17.6 Å². The lowest BCUT2D eigenvalue weighted by Gasteiger charge is -2.14. The van der Waals surface area contributed by atoms with E-state index in [-0.39, 0.29) is 0 Å². The molecule has 1 saturated carbocycles. The number of fused-ring (bicyclic) bond motifs is 1. The largest absolute Gasteiger partial charge is 0.369 e. The zero-order valence-electron chi connectivity index (χ0n) is 10.5. The van der Waals surface area contributed by atoms with Crippen LogP contribution in [0.3, 0.4) is 0 Å². The Hall–Kier alpha value is -2.02. The van der Waals surface area contributed by atoms with Crippen LogP contribution in [0.15, 0.2) is 18.2 Å². The third-order valence-corrected chi connectivity index (χ3v) is 4.13. The van der Waals surface area contributed by atoms with E-state index in [0.29, 0.717) is 16.9 Å². The minimum absolute atomic E-state index is 0.407. The van der Waals surface area contributed by atoms with E-state index < -0.39 is 0 Å². The first-order chi connectivity index (χ1) is 8.69. The summed E-state index contributed by atoms with van der Waals surface area (Å²) in [6.45, 7) is 3.14. The van der Waals surface area contributed by atoms with Crippen LogP contribution >= 0.6 is 0 Å². The Balaban J connectivity index is 2.12. The third kappa shape index (κ3) is 1.55. The second-order valence-electron chi connectivity index (χ2n) is 5.19. The standard InChI is InChI=1S/C14H16N4/c1-2-14(6-7-14)9-18-11-5-3-4-10(8-15)12(11)17-13(18)16/h3-5H,2,6-7,9H2,1H3,(H2,16,17). The minimum Gasteiger partial charge on any atom is -0.369 e. The number of anilines is 1. The zero-order valence-corrected chi connectivity index (χ0v) is 10.5. The first kappa shape index (κ1) is 11.1. The summed E-state index contributed by atoms with van der Waals surface area (Å²) >= 11 is 0. The molecular formula is C14H16N4. The van der Waals surface area contributed by atoms with Crippen molar-refractivity contribution in [3.63, 3.8) is 0 Å². The summed E-state index contributed by atoms with van der Waals surface area (Å²) in [4.78, 5) is 4.35. The molecule has 1 aliphatic carbocycles. The van der Waals surface area contributed by atoms with Crippen LogP contribution in [0.5, 0.6) is 0 Å². The van der Waals surface area contributed by atoms with Gasteiger partial charge in [-0.05, 0) is 36.8 Å². The molecular weight excluding hydrogens is 224 g/mol. The molecule has 3 rings (SSSR count). The molecule has 0 atom stereocenters. The summed E-state index contributed by atoms with van der Waals surface area (Å²) in [7, 11) is 0. The Kier molecular flexibility index (Phi) is 2.30. The first-order valence-corrected chi connectivity index (χ1v) is 6.34. The summed E-state index contributed by atoms with van der Waals surface area (Å²) in [5.74, 6) is 0.521. The van der Waals surface area contributed by atoms with E-state index in [1.165, 1.54) is 19.3 Å².